The fourth-order valence-corrected chi connectivity index (χ4v) is 2.39. The van der Waals surface area contributed by atoms with E-state index >= 15 is 0 Å². The lowest BCUT2D eigenvalue weighted by Gasteiger charge is -2.20. The van der Waals surface area contributed by atoms with Gasteiger partial charge in [0.05, 0.1) is 18.8 Å². The average molecular weight is 325 g/mol. The minimum absolute atomic E-state index is 0.0803. The zero-order valence-electron chi connectivity index (χ0n) is 13.9. The van der Waals surface area contributed by atoms with Crippen molar-refractivity contribution in [3.05, 3.63) is 66.0 Å². The lowest BCUT2D eigenvalue weighted by atomic mass is 10.1. The van der Waals surface area contributed by atoms with Crippen LogP contribution in [0.2, 0.25) is 0 Å². The van der Waals surface area contributed by atoms with Gasteiger partial charge in [-0.1, -0.05) is 36.4 Å². The number of rotatable bonds is 8. The summed E-state index contributed by atoms with van der Waals surface area (Å²) in [6.07, 6.45) is 3.41. The zero-order chi connectivity index (χ0) is 17.2. The highest BCUT2D eigenvalue weighted by Crippen LogP contribution is 2.04. The first-order valence-electron chi connectivity index (χ1n) is 8.11. The van der Waals surface area contributed by atoms with Crippen LogP contribution >= 0.6 is 0 Å². The van der Waals surface area contributed by atoms with E-state index in [1.807, 2.05) is 36.4 Å². The highest BCUT2D eigenvalue weighted by molar-refractivity contribution is 5.83. The first-order chi connectivity index (χ1) is 11.6. The van der Waals surface area contributed by atoms with E-state index in [9.17, 15) is 9.59 Å². The van der Waals surface area contributed by atoms with Crippen molar-refractivity contribution in [3.63, 3.8) is 0 Å². The molecule has 0 saturated heterocycles. The number of aromatic nitrogens is 1. The molecule has 1 heterocycles. The molecule has 5 nitrogen and oxygen atoms in total. The van der Waals surface area contributed by atoms with Gasteiger partial charge in [-0.15, -0.1) is 0 Å². The molecule has 0 bridgehead atoms. The Morgan fingerprint density at radius 1 is 1.08 bits per heavy atom. The quantitative estimate of drug-likeness (QED) is 0.809. The van der Waals surface area contributed by atoms with Gasteiger partial charge >= 0.3 is 0 Å². The van der Waals surface area contributed by atoms with E-state index in [-0.39, 0.29) is 18.4 Å². The fraction of sp³-hybridized carbons (Fsp3) is 0.316. The maximum atomic E-state index is 12.0. The molecule has 1 aromatic carbocycles. The number of aryl methyl sites for hydroxylation is 1. The Kier molecular flexibility index (Phi) is 6.95. The topological polar surface area (TPSA) is 62.3 Å². The van der Waals surface area contributed by atoms with Crippen molar-refractivity contribution in [1.82, 2.24) is 15.2 Å². The second-order valence-electron chi connectivity index (χ2n) is 5.63. The van der Waals surface area contributed by atoms with Crippen LogP contribution in [0.5, 0.6) is 0 Å². The average Bonchev–Trinajstić information content (AvgIpc) is 2.61. The smallest absolute Gasteiger partial charge is 0.239 e. The van der Waals surface area contributed by atoms with Crippen molar-refractivity contribution in [1.29, 1.82) is 0 Å². The molecule has 0 aliphatic carbocycles. The highest BCUT2D eigenvalue weighted by Gasteiger charge is 2.13. The van der Waals surface area contributed by atoms with E-state index in [0.29, 0.717) is 13.1 Å². The van der Waals surface area contributed by atoms with Gasteiger partial charge in [0.15, 0.2) is 0 Å². The summed E-state index contributed by atoms with van der Waals surface area (Å²) in [4.78, 5) is 29.5. The predicted octanol–water partition coefficient (Wildman–Crippen LogP) is 2.18. The SMILES string of the molecule is CC(=O)N(CCCc1ccccc1)CC(=O)NCc1ccccn1. The monoisotopic (exact) mass is 325 g/mol. The first-order valence-corrected chi connectivity index (χ1v) is 8.11. The molecule has 126 valence electrons. The molecule has 24 heavy (non-hydrogen) atoms. The number of hydrogen-bond donors (Lipinski definition) is 1. The molecule has 0 atom stereocenters. The van der Waals surface area contributed by atoms with Crippen molar-refractivity contribution in [2.24, 2.45) is 0 Å². The summed E-state index contributed by atoms with van der Waals surface area (Å²) in [5.74, 6) is -0.258. The molecule has 0 aliphatic rings. The molecule has 5 heteroatoms. The number of amides is 2. The van der Waals surface area contributed by atoms with Crippen LogP contribution in [0.4, 0.5) is 0 Å². The fourth-order valence-electron chi connectivity index (χ4n) is 2.39. The Hall–Kier alpha value is -2.69. The summed E-state index contributed by atoms with van der Waals surface area (Å²) in [5, 5.41) is 2.80. The third-order valence-corrected chi connectivity index (χ3v) is 3.71. The third-order valence-electron chi connectivity index (χ3n) is 3.71. The molecule has 1 aromatic heterocycles. The molecular formula is C19H23N3O2. The lowest BCUT2D eigenvalue weighted by Crippen LogP contribution is -2.40. The minimum atomic E-state index is -0.171. The largest absolute Gasteiger partial charge is 0.349 e. The standard InChI is InChI=1S/C19H23N3O2/c1-16(23)22(13-7-10-17-8-3-2-4-9-17)15-19(24)21-14-18-11-5-6-12-20-18/h2-6,8-9,11-12H,7,10,13-15H2,1H3,(H,21,24). The minimum Gasteiger partial charge on any atom is -0.349 e. The van der Waals surface area contributed by atoms with Crippen LogP contribution in [0.1, 0.15) is 24.6 Å². The number of benzene rings is 1. The summed E-state index contributed by atoms with van der Waals surface area (Å²) in [7, 11) is 0. The summed E-state index contributed by atoms with van der Waals surface area (Å²) in [5.41, 5.74) is 2.03. The van der Waals surface area contributed by atoms with E-state index in [1.165, 1.54) is 12.5 Å². The molecule has 2 aromatic rings. The van der Waals surface area contributed by atoms with E-state index in [1.54, 1.807) is 11.1 Å². The van der Waals surface area contributed by atoms with E-state index in [2.05, 4.69) is 22.4 Å². The van der Waals surface area contributed by atoms with Gasteiger partial charge in [0.2, 0.25) is 11.8 Å². The Bertz CT molecular complexity index is 644. The Balaban J connectivity index is 1.75. The number of hydrogen-bond acceptors (Lipinski definition) is 3. The normalized spacial score (nSPS) is 10.2. The number of nitrogens with zero attached hydrogens (tertiary/aromatic N) is 2. The summed E-state index contributed by atoms with van der Waals surface area (Å²) < 4.78 is 0. The number of carbonyl (C=O) groups is 2. The van der Waals surface area contributed by atoms with Crippen LogP contribution in [0, 0.1) is 0 Å². The van der Waals surface area contributed by atoms with Crippen LogP contribution in [0.15, 0.2) is 54.7 Å². The molecule has 0 unspecified atom stereocenters. The van der Waals surface area contributed by atoms with Gasteiger partial charge in [-0.3, -0.25) is 14.6 Å². The van der Waals surface area contributed by atoms with Gasteiger partial charge < -0.3 is 10.2 Å². The second-order valence-corrected chi connectivity index (χ2v) is 5.63. The third kappa shape index (κ3) is 6.20. The van der Waals surface area contributed by atoms with E-state index in [4.69, 9.17) is 0 Å². The molecule has 2 amide bonds. The maximum absolute atomic E-state index is 12.0. The number of carbonyl (C=O) groups excluding carboxylic acids is 2. The summed E-state index contributed by atoms with van der Waals surface area (Å²) in [6, 6.07) is 15.7. The Morgan fingerprint density at radius 2 is 1.83 bits per heavy atom. The summed E-state index contributed by atoms with van der Waals surface area (Å²) in [6.45, 7) is 2.52. The molecular weight excluding hydrogens is 302 g/mol. The van der Waals surface area contributed by atoms with Crippen molar-refractivity contribution in [2.75, 3.05) is 13.1 Å². The van der Waals surface area contributed by atoms with Gasteiger partial charge in [-0.2, -0.15) is 0 Å². The molecule has 2 rings (SSSR count). The highest BCUT2D eigenvalue weighted by atomic mass is 16.2. The Morgan fingerprint density at radius 3 is 2.50 bits per heavy atom. The zero-order valence-corrected chi connectivity index (χ0v) is 13.9. The van der Waals surface area contributed by atoms with Crippen LogP contribution < -0.4 is 5.32 Å². The van der Waals surface area contributed by atoms with Crippen molar-refractivity contribution in [2.45, 2.75) is 26.3 Å². The molecule has 1 N–H and O–H groups in total. The van der Waals surface area contributed by atoms with Crippen molar-refractivity contribution in [3.8, 4) is 0 Å². The first kappa shape index (κ1) is 17.7. The molecule has 0 spiro atoms. The maximum Gasteiger partial charge on any atom is 0.239 e. The van der Waals surface area contributed by atoms with Crippen molar-refractivity contribution >= 4 is 11.8 Å². The van der Waals surface area contributed by atoms with Crippen LogP contribution in [0.25, 0.3) is 0 Å². The molecule has 0 aliphatic heterocycles. The van der Waals surface area contributed by atoms with Crippen LogP contribution in [0.3, 0.4) is 0 Å². The molecule has 0 saturated carbocycles. The van der Waals surface area contributed by atoms with Crippen LogP contribution in [-0.4, -0.2) is 34.8 Å². The van der Waals surface area contributed by atoms with Gasteiger partial charge in [-0.05, 0) is 30.5 Å². The molecule has 0 radical (unpaired) electrons. The Labute approximate surface area is 142 Å². The van der Waals surface area contributed by atoms with Gasteiger partial charge in [-0.25, -0.2) is 0 Å². The summed E-state index contributed by atoms with van der Waals surface area (Å²) >= 11 is 0. The van der Waals surface area contributed by atoms with Crippen molar-refractivity contribution < 1.29 is 9.59 Å². The predicted molar refractivity (Wildman–Crippen MR) is 93.1 cm³/mol. The van der Waals surface area contributed by atoms with E-state index < -0.39 is 0 Å². The lowest BCUT2D eigenvalue weighted by molar-refractivity contribution is -0.134. The second kappa shape index (κ2) is 9.45. The van der Waals surface area contributed by atoms with Crippen LogP contribution in [-0.2, 0) is 22.6 Å². The number of pyridine rings is 1. The molecule has 0 fully saturated rings. The van der Waals surface area contributed by atoms with Gasteiger partial charge in [0.1, 0.15) is 0 Å². The van der Waals surface area contributed by atoms with Gasteiger partial charge in [0, 0.05) is 19.7 Å². The van der Waals surface area contributed by atoms with Gasteiger partial charge in [0.25, 0.3) is 0 Å². The van der Waals surface area contributed by atoms with E-state index in [0.717, 1.165) is 18.5 Å². The number of nitrogens with one attached hydrogen (secondary N) is 1.